The number of carbonyl (C=O) groups is 1. The van der Waals surface area contributed by atoms with E-state index in [2.05, 4.69) is 16.4 Å². The molecular formula is C14H13ClN2OS. The van der Waals surface area contributed by atoms with Gasteiger partial charge in [-0.25, -0.2) is 0 Å². The first-order valence-corrected chi connectivity index (χ1v) is 7.47. The Labute approximate surface area is 120 Å². The highest BCUT2D eigenvalue weighted by molar-refractivity contribution is 7.10. The first kappa shape index (κ1) is 12.6. The van der Waals surface area contributed by atoms with E-state index in [1.807, 2.05) is 11.0 Å². The van der Waals surface area contributed by atoms with E-state index in [9.17, 15) is 4.79 Å². The monoisotopic (exact) mass is 292 g/mol. The maximum Gasteiger partial charge on any atom is 0.256 e. The van der Waals surface area contributed by atoms with E-state index in [0.29, 0.717) is 10.6 Å². The van der Waals surface area contributed by atoms with Crippen LogP contribution in [0.2, 0.25) is 5.02 Å². The number of aromatic nitrogens is 1. The lowest BCUT2D eigenvalue weighted by molar-refractivity contribution is 0.0738. The van der Waals surface area contributed by atoms with Crippen molar-refractivity contribution < 1.29 is 4.79 Å². The number of halogens is 1. The minimum Gasteiger partial charge on any atom is -0.331 e. The third kappa shape index (κ3) is 2.38. The average Bonchev–Trinajstić information content (AvgIpc) is 3.09. The Hall–Kier alpha value is -1.39. The Balaban J connectivity index is 1.89. The van der Waals surface area contributed by atoms with Crippen LogP contribution in [0.25, 0.3) is 0 Å². The molecule has 5 heteroatoms. The number of hydrogen-bond donors (Lipinski definition) is 0. The molecule has 0 saturated carbocycles. The molecule has 0 aromatic carbocycles. The molecule has 1 unspecified atom stereocenters. The quantitative estimate of drug-likeness (QED) is 0.844. The highest BCUT2D eigenvalue weighted by Crippen LogP contribution is 2.36. The number of nitrogens with zero attached hydrogens (tertiary/aromatic N) is 2. The lowest BCUT2D eigenvalue weighted by Crippen LogP contribution is -2.30. The number of hydrogen-bond acceptors (Lipinski definition) is 3. The fourth-order valence-electron chi connectivity index (χ4n) is 2.49. The predicted octanol–water partition coefficient (Wildman–Crippen LogP) is 3.77. The van der Waals surface area contributed by atoms with E-state index in [-0.39, 0.29) is 11.9 Å². The maximum atomic E-state index is 12.6. The van der Waals surface area contributed by atoms with Gasteiger partial charge in [0.25, 0.3) is 5.91 Å². The molecule has 98 valence electrons. The van der Waals surface area contributed by atoms with Gasteiger partial charge in [-0.05, 0) is 30.4 Å². The van der Waals surface area contributed by atoms with Crippen molar-refractivity contribution in [3.63, 3.8) is 0 Å². The number of thiophene rings is 1. The molecule has 2 aromatic heterocycles. The molecule has 1 amide bonds. The van der Waals surface area contributed by atoms with Crippen molar-refractivity contribution in [3.8, 4) is 0 Å². The SMILES string of the molecule is O=C(c1ccncc1Cl)N1CCCC1c1cccs1. The number of pyridine rings is 1. The molecule has 1 atom stereocenters. The molecular weight excluding hydrogens is 280 g/mol. The van der Waals surface area contributed by atoms with Gasteiger partial charge in [-0.3, -0.25) is 9.78 Å². The van der Waals surface area contributed by atoms with Crippen molar-refractivity contribution in [1.29, 1.82) is 0 Å². The Morgan fingerprint density at radius 3 is 3.11 bits per heavy atom. The van der Waals surface area contributed by atoms with Crippen molar-refractivity contribution >= 4 is 28.8 Å². The molecule has 1 aliphatic heterocycles. The van der Waals surface area contributed by atoms with Gasteiger partial charge in [0.1, 0.15) is 0 Å². The van der Waals surface area contributed by atoms with E-state index < -0.39 is 0 Å². The van der Waals surface area contributed by atoms with Crippen LogP contribution in [0.15, 0.2) is 36.0 Å². The fraction of sp³-hybridized carbons (Fsp3) is 0.286. The number of likely N-dealkylation sites (tertiary alicyclic amines) is 1. The van der Waals surface area contributed by atoms with Crippen LogP contribution in [-0.4, -0.2) is 22.3 Å². The molecule has 19 heavy (non-hydrogen) atoms. The summed E-state index contributed by atoms with van der Waals surface area (Å²) in [5, 5.41) is 2.47. The summed E-state index contributed by atoms with van der Waals surface area (Å²) < 4.78 is 0. The third-order valence-electron chi connectivity index (χ3n) is 3.39. The van der Waals surface area contributed by atoms with Crippen molar-refractivity contribution in [2.75, 3.05) is 6.54 Å². The molecule has 1 aliphatic rings. The first-order chi connectivity index (χ1) is 9.27. The van der Waals surface area contributed by atoms with Gasteiger partial charge < -0.3 is 4.90 Å². The molecule has 1 saturated heterocycles. The predicted molar refractivity (Wildman–Crippen MR) is 76.6 cm³/mol. The number of rotatable bonds is 2. The third-order valence-corrected chi connectivity index (χ3v) is 4.66. The van der Waals surface area contributed by atoms with Crippen molar-refractivity contribution in [3.05, 3.63) is 51.4 Å². The van der Waals surface area contributed by atoms with Gasteiger partial charge in [0.15, 0.2) is 0 Å². The lowest BCUT2D eigenvalue weighted by Gasteiger charge is -2.24. The van der Waals surface area contributed by atoms with Crippen molar-refractivity contribution in [2.45, 2.75) is 18.9 Å². The normalized spacial score (nSPS) is 18.8. The number of carbonyl (C=O) groups excluding carboxylic acids is 1. The van der Waals surface area contributed by atoms with Crippen LogP contribution < -0.4 is 0 Å². The van der Waals surface area contributed by atoms with Crippen LogP contribution >= 0.6 is 22.9 Å². The van der Waals surface area contributed by atoms with E-state index in [4.69, 9.17) is 11.6 Å². The van der Waals surface area contributed by atoms with E-state index in [0.717, 1.165) is 19.4 Å². The molecule has 3 rings (SSSR count). The second-order valence-electron chi connectivity index (χ2n) is 4.53. The summed E-state index contributed by atoms with van der Waals surface area (Å²) in [6, 6.07) is 6.00. The first-order valence-electron chi connectivity index (χ1n) is 6.21. The molecule has 0 aliphatic carbocycles. The van der Waals surface area contributed by atoms with Gasteiger partial charge in [-0.2, -0.15) is 0 Å². The standard InChI is InChI=1S/C14H13ClN2OS/c15-11-9-16-6-5-10(11)14(18)17-7-1-3-12(17)13-4-2-8-19-13/h2,4-6,8-9,12H,1,3,7H2. The summed E-state index contributed by atoms with van der Waals surface area (Å²) in [4.78, 5) is 19.7. The summed E-state index contributed by atoms with van der Waals surface area (Å²) >= 11 is 7.76. The molecule has 1 fully saturated rings. The Kier molecular flexibility index (Phi) is 3.53. The topological polar surface area (TPSA) is 33.2 Å². The fourth-order valence-corrected chi connectivity index (χ4v) is 3.56. The minimum absolute atomic E-state index is 0.00306. The highest BCUT2D eigenvalue weighted by Gasteiger charge is 2.31. The second-order valence-corrected chi connectivity index (χ2v) is 5.91. The Bertz CT molecular complexity index is 585. The van der Waals surface area contributed by atoms with Crippen LogP contribution in [0.3, 0.4) is 0 Å². The summed E-state index contributed by atoms with van der Waals surface area (Å²) in [5.74, 6) is 0.00306. The summed E-state index contributed by atoms with van der Waals surface area (Å²) in [6.45, 7) is 0.792. The summed E-state index contributed by atoms with van der Waals surface area (Å²) in [6.07, 6.45) is 5.19. The van der Waals surface area contributed by atoms with Gasteiger partial charge in [0.05, 0.1) is 16.6 Å². The van der Waals surface area contributed by atoms with Gasteiger partial charge in [-0.15, -0.1) is 11.3 Å². The van der Waals surface area contributed by atoms with Crippen LogP contribution in [0, 0.1) is 0 Å². The van der Waals surface area contributed by atoms with Gasteiger partial charge in [0, 0.05) is 23.8 Å². The molecule has 3 heterocycles. The minimum atomic E-state index is 0.00306. The lowest BCUT2D eigenvalue weighted by atomic mass is 10.1. The molecule has 0 radical (unpaired) electrons. The van der Waals surface area contributed by atoms with Crippen LogP contribution in [0.1, 0.15) is 34.1 Å². The van der Waals surface area contributed by atoms with E-state index in [1.54, 1.807) is 23.6 Å². The van der Waals surface area contributed by atoms with Crippen LogP contribution in [0.4, 0.5) is 0 Å². The molecule has 3 nitrogen and oxygen atoms in total. The Morgan fingerprint density at radius 2 is 2.37 bits per heavy atom. The molecule has 0 N–H and O–H groups in total. The van der Waals surface area contributed by atoms with E-state index >= 15 is 0 Å². The Morgan fingerprint density at radius 1 is 1.47 bits per heavy atom. The largest absolute Gasteiger partial charge is 0.331 e. The van der Waals surface area contributed by atoms with Gasteiger partial charge in [0.2, 0.25) is 0 Å². The van der Waals surface area contributed by atoms with E-state index in [1.165, 1.54) is 11.1 Å². The van der Waals surface area contributed by atoms with Crippen LogP contribution in [-0.2, 0) is 0 Å². The van der Waals surface area contributed by atoms with Crippen LogP contribution in [0.5, 0.6) is 0 Å². The van der Waals surface area contributed by atoms with Gasteiger partial charge >= 0.3 is 0 Å². The zero-order valence-corrected chi connectivity index (χ0v) is 11.8. The van der Waals surface area contributed by atoms with Crippen molar-refractivity contribution in [1.82, 2.24) is 9.88 Å². The zero-order chi connectivity index (χ0) is 13.2. The summed E-state index contributed by atoms with van der Waals surface area (Å²) in [7, 11) is 0. The average molecular weight is 293 g/mol. The second kappa shape index (κ2) is 5.31. The smallest absolute Gasteiger partial charge is 0.256 e. The van der Waals surface area contributed by atoms with Gasteiger partial charge in [-0.1, -0.05) is 17.7 Å². The summed E-state index contributed by atoms with van der Waals surface area (Å²) in [5.41, 5.74) is 0.542. The van der Waals surface area contributed by atoms with Crippen molar-refractivity contribution in [2.24, 2.45) is 0 Å². The number of amides is 1. The molecule has 0 spiro atoms. The highest BCUT2D eigenvalue weighted by atomic mass is 35.5. The molecule has 2 aromatic rings. The maximum absolute atomic E-state index is 12.6. The zero-order valence-electron chi connectivity index (χ0n) is 10.3. The molecule has 0 bridgehead atoms.